The van der Waals surface area contributed by atoms with Crippen molar-refractivity contribution >= 4 is 28.1 Å². The molecule has 1 atom stereocenters. The molecule has 0 aliphatic carbocycles. The molecule has 0 fully saturated rings. The third-order valence-electron chi connectivity index (χ3n) is 2.56. The number of nitrogens with one attached hydrogen (secondary N) is 1. The average Bonchev–Trinajstić information content (AvgIpc) is 2.41. The lowest BCUT2D eigenvalue weighted by Gasteiger charge is -2.19. The molecule has 21 heavy (non-hydrogen) atoms. The third kappa shape index (κ3) is 5.04. The van der Waals surface area contributed by atoms with Gasteiger partial charge in [-0.25, -0.2) is 0 Å². The zero-order valence-electron chi connectivity index (χ0n) is 12.6. The molecule has 5 nitrogen and oxygen atoms in total. The van der Waals surface area contributed by atoms with Crippen molar-refractivity contribution in [3.8, 4) is 11.5 Å². The van der Waals surface area contributed by atoms with Crippen molar-refractivity contribution in [1.82, 2.24) is 5.32 Å². The van der Waals surface area contributed by atoms with Crippen molar-refractivity contribution < 1.29 is 19.1 Å². The van der Waals surface area contributed by atoms with E-state index in [2.05, 4.69) is 21.2 Å². The number of amides is 1. The van der Waals surface area contributed by atoms with Crippen LogP contribution in [0.25, 0.3) is 0 Å². The van der Waals surface area contributed by atoms with Gasteiger partial charge in [0, 0.05) is 11.6 Å². The first kappa shape index (κ1) is 17.5. The van der Waals surface area contributed by atoms with E-state index in [4.69, 9.17) is 9.47 Å². The molecular formula is C15H20BrNO4. The van der Waals surface area contributed by atoms with Gasteiger partial charge in [-0.1, -0.05) is 0 Å². The Bertz CT molecular complexity index is 517. The molecular weight excluding hydrogens is 338 g/mol. The molecule has 1 rings (SSSR count). The Morgan fingerprint density at radius 1 is 1.38 bits per heavy atom. The van der Waals surface area contributed by atoms with Crippen LogP contribution in [0.1, 0.15) is 38.1 Å². The molecule has 0 aliphatic heterocycles. The Morgan fingerprint density at radius 3 is 2.57 bits per heavy atom. The molecule has 0 radical (unpaired) electrons. The van der Waals surface area contributed by atoms with Crippen molar-refractivity contribution in [2.24, 2.45) is 0 Å². The minimum atomic E-state index is -0.676. The van der Waals surface area contributed by atoms with E-state index in [1.165, 1.54) is 0 Å². The highest BCUT2D eigenvalue weighted by Gasteiger charge is 2.20. The summed E-state index contributed by atoms with van der Waals surface area (Å²) < 4.78 is 11.7. The molecule has 1 aromatic rings. The normalized spacial score (nSPS) is 11.9. The molecule has 0 bridgehead atoms. The summed E-state index contributed by atoms with van der Waals surface area (Å²) in [6, 6.07) is 3.25. The molecule has 0 aromatic heterocycles. The van der Waals surface area contributed by atoms with E-state index in [1.807, 2.05) is 20.8 Å². The Balaban J connectivity index is 3.00. The lowest BCUT2D eigenvalue weighted by molar-refractivity contribution is -0.127. The molecule has 0 spiro atoms. The number of benzene rings is 1. The van der Waals surface area contributed by atoms with E-state index in [0.717, 1.165) is 6.29 Å². The smallest absolute Gasteiger partial charge is 0.260 e. The van der Waals surface area contributed by atoms with Crippen LogP contribution in [0.4, 0.5) is 0 Å². The first-order valence-corrected chi connectivity index (χ1v) is 7.56. The Kier molecular flexibility index (Phi) is 6.68. The second-order valence-corrected chi connectivity index (χ2v) is 5.66. The van der Waals surface area contributed by atoms with Gasteiger partial charge in [0.1, 0.15) is 6.29 Å². The van der Waals surface area contributed by atoms with Gasteiger partial charge in [0.05, 0.1) is 11.1 Å². The van der Waals surface area contributed by atoms with Crippen LogP contribution in [0.3, 0.4) is 0 Å². The standard InChI is InChI=1S/C15H20BrNO4/c1-5-20-13-7-11(8-18)6-12(16)14(13)21-10(4)15(19)17-9(2)3/h6-10H,5H2,1-4H3,(H,17,19). The van der Waals surface area contributed by atoms with Gasteiger partial charge in [0.15, 0.2) is 17.6 Å². The molecule has 116 valence electrons. The van der Waals surface area contributed by atoms with Crippen LogP contribution in [0.5, 0.6) is 11.5 Å². The summed E-state index contributed by atoms with van der Waals surface area (Å²) in [5.41, 5.74) is 0.469. The second kappa shape index (κ2) is 8.02. The SMILES string of the molecule is CCOc1cc(C=O)cc(Br)c1OC(C)C(=O)NC(C)C. The number of hydrogen-bond acceptors (Lipinski definition) is 4. The first-order chi connectivity index (χ1) is 9.88. The van der Waals surface area contributed by atoms with Crippen LogP contribution >= 0.6 is 15.9 Å². The van der Waals surface area contributed by atoms with Gasteiger partial charge in [-0.15, -0.1) is 0 Å². The van der Waals surface area contributed by atoms with Crippen LogP contribution in [0.2, 0.25) is 0 Å². The molecule has 1 aromatic carbocycles. The number of rotatable bonds is 7. The summed E-state index contributed by atoms with van der Waals surface area (Å²) in [5, 5.41) is 2.78. The fourth-order valence-corrected chi connectivity index (χ4v) is 2.22. The van der Waals surface area contributed by atoms with Gasteiger partial charge in [-0.05, 0) is 55.8 Å². The van der Waals surface area contributed by atoms with Gasteiger partial charge in [0.25, 0.3) is 5.91 Å². The van der Waals surface area contributed by atoms with E-state index >= 15 is 0 Å². The predicted octanol–water partition coefficient (Wildman–Crippen LogP) is 2.95. The molecule has 0 saturated heterocycles. The van der Waals surface area contributed by atoms with E-state index in [9.17, 15) is 9.59 Å². The van der Waals surface area contributed by atoms with Crippen LogP contribution in [0, 0.1) is 0 Å². The lowest BCUT2D eigenvalue weighted by Crippen LogP contribution is -2.40. The molecule has 6 heteroatoms. The average molecular weight is 358 g/mol. The number of hydrogen-bond donors (Lipinski definition) is 1. The maximum absolute atomic E-state index is 11.9. The summed E-state index contributed by atoms with van der Waals surface area (Å²) in [6.07, 6.45) is 0.0522. The van der Waals surface area contributed by atoms with E-state index in [1.54, 1.807) is 19.1 Å². The highest BCUT2D eigenvalue weighted by molar-refractivity contribution is 9.10. The predicted molar refractivity (Wildman–Crippen MR) is 84.1 cm³/mol. The minimum absolute atomic E-state index is 0.0378. The summed E-state index contributed by atoms with van der Waals surface area (Å²) >= 11 is 3.34. The zero-order chi connectivity index (χ0) is 16.0. The molecule has 1 amide bonds. The number of aldehydes is 1. The first-order valence-electron chi connectivity index (χ1n) is 6.77. The summed E-state index contributed by atoms with van der Waals surface area (Å²) in [7, 11) is 0. The number of ether oxygens (including phenoxy) is 2. The molecule has 1 unspecified atom stereocenters. The van der Waals surface area contributed by atoms with E-state index in [0.29, 0.717) is 28.1 Å². The van der Waals surface area contributed by atoms with Gasteiger partial charge >= 0.3 is 0 Å². The van der Waals surface area contributed by atoms with Gasteiger partial charge < -0.3 is 14.8 Å². The highest BCUT2D eigenvalue weighted by atomic mass is 79.9. The largest absolute Gasteiger partial charge is 0.490 e. The molecule has 0 saturated carbocycles. The van der Waals surface area contributed by atoms with Gasteiger partial charge in [0.2, 0.25) is 0 Å². The Hall–Kier alpha value is -1.56. The summed E-state index contributed by atoms with van der Waals surface area (Å²) in [5.74, 6) is 0.630. The van der Waals surface area contributed by atoms with Crippen molar-refractivity contribution in [3.63, 3.8) is 0 Å². The van der Waals surface area contributed by atoms with Gasteiger partial charge in [-0.3, -0.25) is 9.59 Å². The second-order valence-electron chi connectivity index (χ2n) is 4.80. The van der Waals surface area contributed by atoms with Crippen LogP contribution < -0.4 is 14.8 Å². The number of carbonyl (C=O) groups excluding carboxylic acids is 2. The van der Waals surface area contributed by atoms with Gasteiger partial charge in [-0.2, -0.15) is 0 Å². The van der Waals surface area contributed by atoms with Crippen molar-refractivity contribution in [2.45, 2.75) is 39.8 Å². The quantitative estimate of drug-likeness (QED) is 0.762. The number of halogens is 1. The van der Waals surface area contributed by atoms with E-state index < -0.39 is 6.10 Å². The summed E-state index contributed by atoms with van der Waals surface area (Å²) in [6.45, 7) is 7.68. The molecule has 1 N–H and O–H groups in total. The molecule has 0 heterocycles. The van der Waals surface area contributed by atoms with Crippen molar-refractivity contribution in [2.75, 3.05) is 6.61 Å². The maximum Gasteiger partial charge on any atom is 0.260 e. The lowest BCUT2D eigenvalue weighted by atomic mass is 10.2. The minimum Gasteiger partial charge on any atom is -0.490 e. The summed E-state index contributed by atoms with van der Waals surface area (Å²) in [4.78, 5) is 22.8. The molecule has 0 aliphatic rings. The van der Waals surface area contributed by atoms with Crippen molar-refractivity contribution in [1.29, 1.82) is 0 Å². The van der Waals surface area contributed by atoms with Crippen LogP contribution in [-0.4, -0.2) is 30.9 Å². The Morgan fingerprint density at radius 2 is 2.05 bits per heavy atom. The topological polar surface area (TPSA) is 64.6 Å². The highest BCUT2D eigenvalue weighted by Crippen LogP contribution is 2.37. The monoisotopic (exact) mass is 357 g/mol. The van der Waals surface area contributed by atoms with Crippen LogP contribution in [-0.2, 0) is 4.79 Å². The van der Waals surface area contributed by atoms with E-state index in [-0.39, 0.29) is 11.9 Å². The fraction of sp³-hybridized carbons (Fsp3) is 0.467. The maximum atomic E-state index is 11.9. The Labute approximate surface area is 133 Å². The number of carbonyl (C=O) groups is 2. The third-order valence-corrected chi connectivity index (χ3v) is 3.15. The zero-order valence-corrected chi connectivity index (χ0v) is 14.2. The van der Waals surface area contributed by atoms with Crippen LogP contribution in [0.15, 0.2) is 16.6 Å². The fourth-order valence-electron chi connectivity index (χ4n) is 1.67. The van der Waals surface area contributed by atoms with Crippen molar-refractivity contribution in [3.05, 3.63) is 22.2 Å².